The van der Waals surface area contributed by atoms with Crippen molar-refractivity contribution in [2.24, 2.45) is 10.7 Å². The number of aliphatic imine (C=N–C) groups is 1. The molecule has 1 atom stereocenters. The number of nitrogens with two attached hydrogens (primary N) is 1. The first-order valence-electron chi connectivity index (χ1n) is 9.68. The Hall–Kier alpha value is -3.36. The van der Waals surface area contributed by atoms with Crippen LogP contribution in [0.1, 0.15) is 40.7 Å². The molecule has 0 saturated heterocycles. The van der Waals surface area contributed by atoms with Gasteiger partial charge in [-0.1, -0.05) is 30.3 Å². The number of halogens is 3. The van der Waals surface area contributed by atoms with Crippen molar-refractivity contribution in [2.45, 2.75) is 31.4 Å². The Kier molecular flexibility index (Phi) is 6.62. The maximum Gasteiger partial charge on any atom is 0.387 e. The van der Waals surface area contributed by atoms with Gasteiger partial charge in [0.25, 0.3) is 5.91 Å². The number of hydrogen-bond donors (Lipinski definition) is 1. The Bertz CT molecular complexity index is 995. The minimum absolute atomic E-state index is 0.0161. The molecule has 1 aliphatic heterocycles. The van der Waals surface area contributed by atoms with E-state index in [2.05, 4.69) is 9.73 Å². The van der Waals surface area contributed by atoms with Gasteiger partial charge in [-0.05, 0) is 42.2 Å². The summed E-state index contributed by atoms with van der Waals surface area (Å²) in [5, 5.41) is 0. The smallest absolute Gasteiger partial charge is 0.387 e. The largest absolute Gasteiger partial charge is 0.435 e. The number of ether oxygens (including phenoxy) is 1. The maximum atomic E-state index is 13.2. The van der Waals surface area contributed by atoms with Crippen LogP contribution in [0.5, 0.6) is 5.75 Å². The van der Waals surface area contributed by atoms with Crippen molar-refractivity contribution in [1.29, 1.82) is 0 Å². The summed E-state index contributed by atoms with van der Waals surface area (Å²) in [6, 6.07) is 12.0. The van der Waals surface area contributed by atoms with Gasteiger partial charge in [0.1, 0.15) is 5.75 Å². The number of hydrogen-bond acceptors (Lipinski definition) is 5. The van der Waals surface area contributed by atoms with Crippen LogP contribution in [0.25, 0.3) is 0 Å². The molecule has 2 N–H and O–H groups in total. The van der Waals surface area contributed by atoms with Gasteiger partial charge in [0.2, 0.25) is 0 Å². The number of amides is 1. The zero-order valence-electron chi connectivity index (χ0n) is 16.9. The fourth-order valence-electron chi connectivity index (χ4n) is 3.50. The first-order chi connectivity index (χ1) is 14.8. The molecule has 2 aromatic rings. The van der Waals surface area contributed by atoms with Crippen LogP contribution in [-0.4, -0.2) is 42.9 Å². The summed E-state index contributed by atoms with van der Waals surface area (Å²) in [5.74, 6) is -0.713. The summed E-state index contributed by atoms with van der Waals surface area (Å²) >= 11 is 0. The van der Waals surface area contributed by atoms with Gasteiger partial charge in [-0.25, -0.2) is 4.99 Å². The van der Waals surface area contributed by atoms with Crippen LogP contribution in [0, 0.1) is 0 Å². The van der Waals surface area contributed by atoms with Gasteiger partial charge in [-0.15, -0.1) is 0 Å². The van der Waals surface area contributed by atoms with Crippen LogP contribution in [-0.2, 0) is 10.3 Å². The topological polar surface area (TPSA) is 85.0 Å². The number of nitrogens with zero attached hydrogens (tertiary/aromatic N) is 2. The van der Waals surface area contributed by atoms with Crippen molar-refractivity contribution < 1.29 is 27.5 Å². The van der Waals surface area contributed by atoms with Crippen LogP contribution < -0.4 is 10.5 Å². The molecule has 1 amide bonds. The molecule has 9 heteroatoms. The van der Waals surface area contributed by atoms with Crippen LogP contribution in [0.3, 0.4) is 0 Å². The average molecular weight is 433 g/mol. The highest BCUT2D eigenvalue weighted by Gasteiger charge is 2.49. The zero-order valence-corrected chi connectivity index (χ0v) is 16.9. The number of benzene rings is 2. The molecule has 2 aromatic carbocycles. The second kappa shape index (κ2) is 9.20. The number of rotatable bonds is 9. The molecule has 0 radical (unpaired) electrons. The molecule has 31 heavy (non-hydrogen) atoms. The number of guanidine groups is 1. The SMILES string of the molecule is CN1C(=O)C(c2ccc(OC(F)F)cc2)(c2cccc(C(=O)CCCCF)c2)N=C1N. The van der Waals surface area contributed by atoms with E-state index in [1.54, 1.807) is 24.3 Å². The summed E-state index contributed by atoms with van der Waals surface area (Å²) in [6.07, 6.45) is 0.898. The van der Waals surface area contributed by atoms with E-state index in [4.69, 9.17) is 5.73 Å². The lowest BCUT2D eigenvalue weighted by atomic mass is 9.81. The number of likely N-dealkylation sites (N-methyl/N-ethyl adjacent to an activating group) is 1. The Labute approximate surface area is 177 Å². The second-order valence-electron chi connectivity index (χ2n) is 7.10. The van der Waals surface area contributed by atoms with Gasteiger partial charge in [0.05, 0.1) is 6.67 Å². The third-order valence-electron chi connectivity index (χ3n) is 5.13. The molecule has 0 fully saturated rings. The van der Waals surface area contributed by atoms with E-state index < -0.39 is 24.7 Å². The lowest BCUT2D eigenvalue weighted by Gasteiger charge is -2.26. The van der Waals surface area contributed by atoms with Crippen molar-refractivity contribution >= 4 is 17.6 Å². The summed E-state index contributed by atoms with van der Waals surface area (Å²) in [4.78, 5) is 31.4. The Morgan fingerprint density at radius 2 is 1.87 bits per heavy atom. The third-order valence-corrected chi connectivity index (χ3v) is 5.13. The molecule has 0 bridgehead atoms. The van der Waals surface area contributed by atoms with Gasteiger partial charge in [0.15, 0.2) is 17.3 Å². The van der Waals surface area contributed by atoms with Crippen molar-refractivity contribution in [2.75, 3.05) is 13.7 Å². The van der Waals surface area contributed by atoms with E-state index in [9.17, 15) is 22.8 Å². The quantitative estimate of drug-likeness (QED) is 0.483. The molecule has 164 valence electrons. The van der Waals surface area contributed by atoms with E-state index in [0.717, 1.165) is 0 Å². The normalized spacial score (nSPS) is 18.4. The van der Waals surface area contributed by atoms with Gasteiger partial charge < -0.3 is 10.5 Å². The fraction of sp³-hybridized carbons (Fsp3) is 0.318. The molecule has 0 saturated carbocycles. The average Bonchev–Trinajstić information content (AvgIpc) is 2.99. The monoisotopic (exact) mass is 433 g/mol. The van der Waals surface area contributed by atoms with E-state index >= 15 is 0 Å². The van der Waals surface area contributed by atoms with Crippen LogP contribution in [0.4, 0.5) is 13.2 Å². The predicted molar refractivity (Wildman–Crippen MR) is 109 cm³/mol. The molecule has 1 heterocycles. The molecular formula is C22H22F3N3O3. The number of carbonyl (C=O) groups is 2. The van der Waals surface area contributed by atoms with Crippen LogP contribution in [0.2, 0.25) is 0 Å². The minimum Gasteiger partial charge on any atom is -0.435 e. The lowest BCUT2D eigenvalue weighted by Crippen LogP contribution is -2.41. The first-order valence-corrected chi connectivity index (χ1v) is 9.68. The summed E-state index contributed by atoms with van der Waals surface area (Å²) in [7, 11) is 1.48. The molecule has 0 aromatic heterocycles. The first kappa shape index (κ1) is 22.3. The number of ketones is 1. The Balaban J connectivity index is 2.05. The highest BCUT2D eigenvalue weighted by Crippen LogP contribution is 2.40. The predicted octanol–water partition coefficient (Wildman–Crippen LogP) is 3.64. The highest BCUT2D eigenvalue weighted by atomic mass is 19.3. The van der Waals surface area contributed by atoms with Gasteiger partial charge >= 0.3 is 6.61 Å². The Morgan fingerprint density at radius 1 is 1.16 bits per heavy atom. The summed E-state index contributed by atoms with van der Waals surface area (Å²) in [5.41, 5.74) is 5.50. The summed E-state index contributed by atoms with van der Waals surface area (Å²) < 4.78 is 41.7. The van der Waals surface area contributed by atoms with Crippen LogP contribution >= 0.6 is 0 Å². The molecule has 3 rings (SSSR count). The van der Waals surface area contributed by atoms with Crippen molar-refractivity contribution in [3.8, 4) is 5.75 Å². The number of Topliss-reactive ketones (excluding diaryl/α,β-unsaturated/α-hetero) is 1. The van der Waals surface area contributed by atoms with Gasteiger partial charge in [-0.3, -0.25) is 18.9 Å². The van der Waals surface area contributed by atoms with Crippen molar-refractivity contribution in [1.82, 2.24) is 4.90 Å². The molecule has 6 nitrogen and oxygen atoms in total. The molecule has 1 unspecified atom stereocenters. The van der Waals surface area contributed by atoms with E-state index in [1.807, 2.05) is 0 Å². The number of carbonyl (C=O) groups excluding carboxylic acids is 2. The molecule has 0 aliphatic carbocycles. The third kappa shape index (κ3) is 4.40. The maximum absolute atomic E-state index is 13.2. The fourth-order valence-corrected chi connectivity index (χ4v) is 3.50. The van der Waals surface area contributed by atoms with Gasteiger partial charge in [0, 0.05) is 19.0 Å². The van der Waals surface area contributed by atoms with E-state index in [-0.39, 0.29) is 23.9 Å². The highest BCUT2D eigenvalue weighted by molar-refractivity contribution is 6.09. The molecule has 1 aliphatic rings. The van der Waals surface area contributed by atoms with E-state index in [0.29, 0.717) is 29.5 Å². The van der Waals surface area contributed by atoms with Crippen molar-refractivity contribution in [3.05, 3.63) is 65.2 Å². The van der Waals surface area contributed by atoms with Crippen molar-refractivity contribution in [3.63, 3.8) is 0 Å². The standard InChI is InChI=1S/C22H22F3N3O3/c1-28-19(30)22(27-21(28)26,15-8-10-17(11-9-15)31-20(24)25)16-6-4-5-14(13-16)18(29)7-2-3-12-23/h4-6,8-11,13,20H,2-3,7,12H2,1H3,(H2,26,27). The minimum atomic E-state index is -2.98. The zero-order chi connectivity index (χ0) is 22.6. The van der Waals surface area contributed by atoms with Gasteiger partial charge in [-0.2, -0.15) is 8.78 Å². The lowest BCUT2D eigenvalue weighted by molar-refractivity contribution is -0.129. The number of alkyl halides is 3. The van der Waals surface area contributed by atoms with Crippen LogP contribution in [0.15, 0.2) is 53.5 Å². The van der Waals surface area contributed by atoms with E-state index in [1.165, 1.54) is 36.2 Å². The molecular weight excluding hydrogens is 411 g/mol. The summed E-state index contributed by atoms with van der Waals surface area (Å²) in [6.45, 7) is -3.47. The second-order valence-corrected chi connectivity index (χ2v) is 7.10. The number of unbranched alkanes of at least 4 members (excludes halogenated alkanes) is 1. The molecule has 0 spiro atoms. The Morgan fingerprint density at radius 3 is 2.45 bits per heavy atom.